The number of benzene rings is 2. The number of para-hydroxylation sites is 1. The number of halogens is 1. The van der Waals surface area contributed by atoms with E-state index in [2.05, 4.69) is 23.5 Å². The highest BCUT2D eigenvalue weighted by molar-refractivity contribution is 5.81. The number of hydrogen-bond donors (Lipinski definition) is 1. The van der Waals surface area contributed by atoms with E-state index in [4.69, 9.17) is 0 Å². The largest absolute Gasteiger partial charge is 0.376 e. The summed E-state index contributed by atoms with van der Waals surface area (Å²) in [6.07, 6.45) is 0. The van der Waals surface area contributed by atoms with Crippen molar-refractivity contribution in [3.05, 3.63) is 59.4 Å². The smallest absolute Gasteiger partial charge is 0.241 e. The summed E-state index contributed by atoms with van der Waals surface area (Å²) in [6.45, 7) is 6.87. The van der Waals surface area contributed by atoms with E-state index in [1.54, 1.807) is 12.1 Å². The van der Waals surface area contributed by atoms with Crippen molar-refractivity contribution < 1.29 is 9.18 Å². The Bertz CT molecular complexity index is 754. The van der Waals surface area contributed by atoms with Gasteiger partial charge in [0.15, 0.2) is 0 Å². The van der Waals surface area contributed by atoms with Crippen molar-refractivity contribution in [3.63, 3.8) is 0 Å². The van der Waals surface area contributed by atoms with Crippen molar-refractivity contribution >= 4 is 17.3 Å². The summed E-state index contributed by atoms with van der Waals surface area (Å²) >= 11 is 0. The van der Waals surface area contributed by atoms with E-state index in [0.717, 1.165) is 11.3 Å². The molecule has 132 valence electrons. The molecule has 0 aliphatic carbocycles. The zero-order chi connectivity index (χ0) is 17.8. The fourth-order valence-corrected chi connectivity index (χ4v) is 3.11. The third-order valence-corrected chi connectivity index (χ3v) is 4.65. The van der Waals surface area contributed by atoms with Gasteiger partial charge in [0.2, 0.25) is 5.91 Å². The van der Waals surface area contributed by atoms with Crippen LogP contribution >= 0.6 is 0 Å². The van der Waals surface area contributed by atoms with Gasteiger partial charge in [-0.3, -0.25) is 4.79 Å². The number of amides is 1. The average molecular weight is 341 g/mol. The van der Waals surface area contributed by atoms with Crippen LogP contribution in [0.5, 0.6) is 0 Å². The Morgan fingerprint density at radius 2 is 1.80 bits per heavy atom. The number of hydrogen-bond acceptors (Lipinski definition) is 3. The molecule has 1 fully saturated rings. The highest BCUT2D eigenvalue weighted by atomic mass is 19.1. The van der Waals surface area contributed by atoms with Crippen molar-refractivity contribution in [3.8, 4) is 0 Å². The van der Waals surface area contributed by atoms with Crippen LogP contribution in [0.2, 0.25) is 0 Å². The zero-order valence-corrected chi connectivity index (χ0v) is 14.8. The molecule has 2 aromatic carbocycles. The number of carbonyl (C=O) groups excluding carboxylic acids is 1. The van der Waals surface area contributed by atoms with Gasteiger partial charge in [0, 0.05) is 31.9 Å². The van der Waals surface area contributed by atoms with Gasteiger partial charge in [-0.15, -0.1) is 0 Å². The molecule has 0 unspecified atom stereocenters. The number of rotatable bonds is 4. The number of anilines is 2. The fourth-order valence-electron chi connectivity index (χ4n) is 3.11. The summed E-state index contributed by atoms with van der Waals surface area (Å²) in [5.74, 6) is -0.132. The maximum absolute atomic E-state index is 13.9. The van der Waals surface area contributed by atoms with Gasteiger partial charge in [0.05, 0.1) is 12.2 Å². The van der Waals surface area contributed by atoms with Crippen LogP contribution in [0.15, 0.2) is 42.5 Å². The lowest BCUT2D eigenvalue weighted by atomic mass is 10.1. The van der Waals surface area contributed by atoms with Gasteiger partial charge in [0.25, 0.3) is 0 Å². The quantitative estimate of drug-likeness (QED) is 0.928. The molecule has 0 bridgehead atoms. The summed E-state index contributed by atoms with van der Waals surface area (Å²) in [4.78, 5) is 16.3. The summed E-state index contributed by atoms with van der Waals surface area (Å²) in [7, 11) is 0. The van der Waals surface area contributed by atoms with Gasteiger partial charge in [-0.25, -0.2) is 4.39 Å². The predicted octanol–water partition coefficient (Wildman–Crippen LogP) is 3.20. The van der Waals surface area contributed by atoms with Crippen LogP contribution < -0.4 is 10.2 Å². The molecular formula is C20H24FN3O. The Labute approximate surface area is 148 Å². The predicted molar refractivity (Wildman–Crippen MR) is 99.6 cm³/mol. The SMILES string of the molecule is Cc1ccc(C)c(NCC(=O)N2CCN(c3ccccc3F)CC2)c1. The Balaban J connectivity index is 1.53. The molecule has 3 rings (SSSR count). The third-order valence-electron chi connectivity index (χ3n) is 4.65. The Hall–Kier alpha value is -2.56. The maximum Gasteiger partial charge on any atom is 0.241 e. The molecule has 0 atom stereocenters. The molecule has 1 saturated heterocycles. The maximum atomic E-state index is 13.9. The lowest BCUT2D eigenvalue weighted by Crippen LogP contribution is -2.50. The van der Waals surface area contributed by atoms with Crippen LogP contribution in [0.25, 0.3) is 0 Å². The molecule has 5 heteroatoms. The second kappa shape index (κ2) is 7.55. The highest BCUT2D eigenvalue weighted by Crippen LogP contribution is 2.20. The first kappa shape index (κ1) is 17.3. The number of nitrogens with one attached hydrogen (secondary N) is 1. The minimum atomic E-state index is -0.209. The first-order valence-electron chi connectivity index (χ1n) is 8.63. The van der Waals surface area contributed by atoms with E-state index in [9.17, 15) is 9.18 Å². The molecule has 1 heterocycles. The number of piperazine rings is 1. The van der Waals surface area contributed by atoms with E-state index in [-0.39, 0.29) is 18.3 Å². The van der Waals surface area contributed by atoms with Gasteiger partial charge >= 0.3 is 0 Å². The van der Waals surface area contributed by atoms with E-state index in [1.807, 2.05) is 29.7 Å². The zero-order valence-electron chi connectivity index (χ0n) is 14.8. The summed E-state index contributed by atoms with van der Waals surface area (Å²) in [6, 6.07) is 13.0. The number of carbonyl (C=O) groups is 1. The molecule has 0 spiro atoms. The van der Waals surface area contributed by atoms with Crippen LogP contribution in [-0.2, 0) is 4.79 Å². The van der Waals surface area contributed by atoms with Crippen molar-refractivity contribution in [1.82, 2.24) is 4.90 Å². The highest BCUT2D eigenvalue weighted by Gasteiger charge is 2.22. The molecule has 25 heavy (non-hydrogen) atoms. The lowest BCUT2D eigenvalue weighted by Gasteiger charge is -2.36. The Morgan fingerprint density at radius 3 is 2.52 bits per heavy atom. The molecule has 0 radical (unpaired) electrons. The van der Waals surface area contributed by atoms with E-state index >= 15 is 0 Å². The Kier molecular flexibility index (Phi) is 5.22. The average Bonchev–Trinajstić information content (AvgIpc) is 2.63. The van der Waals surface area contributed by atoms with Gasteiger partial charge in [0.1, 0.15) is 5.82 Å². The molecule has 1 amide bonds. The minimum absolute atomic E-state index is 0.0779. The summed E-state index contributed by atoms with van der Waals surface area (Å²) in [5.41, 5.74) is 3.91. The van der Waals surface area contributed by atoms with Gasteiger partial charge < -0.3 is 15.1 Å². The monoisotopic (exact) mass is 341 g/mol. The van der Waals surface area contributed by atoms with E-state index in [0.29, 0.717) is 31.9 Å². The molecular weight excluding hydrogens is 317 g/mol. The first-order chi connectivity index (χ1) is 12.0. The van der Waals surface area contributed by atoms with E-state index < -0.39 is 0 Å². The molecule has 0 saturated carbocycles. The summed E-state index contributed by atoms with van der Waals surface area (Å²) in [5, 5.41) is 3.24. The second-order valence-electron chi connectivity index (χ2n) is 6.49. The van der Waals surface area contributed by atoms with Crippen molar-refractivity contribution in [2.24, 2.45) is 0 Å². The topological polar surface area (TPSA) is 35.6 Å². The van der Waals surface area contributed by atoms with E-state index in [1.165, 1.54) is 11.6 Å². The van der Waals surface area contributed by atoms with Crippen LogP contribution in [0.3, 0.4) is 0 Å². The molecule has 4 nitrogen and oxygen atoms in total. The number of nitrogens with zero attached hydrogens (tertiary/aromatic N) is 2. The molecule has 1 aliphatic rings. The van der Waals surface area contributed by atoms with Crippen LogP contribution in [0.4, 0.5) is 15.8 Å². The van der Waals surface area contributed by atoms with Crippen LogP contribution in [0.1, 0.15) is 11.1 Å². The molecule has 1 N–H and O–H groups in total. The third kappa shape index (κ3) is 4.10. The summed E-state index contributed by atoms with van der Waals surface area (Å²) < 4.78 is 13.9. The normalized spacial score (nSPS) is 14.5. The standard InChI is InChI=1S/C20H24FN3O/c1-15-7-8-16(2)18(13-15)22-14-20(25)24-11-9-23(10-12-24)19-6-4-3-5-17(19)21/h3-8,13,22H,9-12,14H2,1-2H3. The van der Waals surface area contributed by atoms with Gasteiger partial charge in [-0.1, -0.05) is 24.3 Å². The first-order valence-corrected chi connectivity index (χ1v) is 8.63. The molecule has 2 aromatic rings. The van der Waals surface area contributed by atoms with Crippen molar-refractivity contribution in [2.45, 2.75) is 13.8 Å². The Morgan fingerprint density at radius 1 is 1.08 bits per heavy atom. The minimum Gasteiger partial charge on any atom is -0.376 e. The molecule has 0 aromatic heterocycles. The number of aryl methyl sites for hydroxylation is 2. The van der Waals surface area contributed by atoms with Gasteiger partial charge in [-0.05, 0) is 43.2 Å². The fraction of sp³-hybridized carbons (Fsp3) is 0.350. The van der Waals surface area contributed by atoms with Crippen LogP contribution in [-0.4, -0.2) is 43.5 Å². The van der Waals surface area contributed by atoms with Crippen LogP contribution in [0, 0.1) is 19.7 Å². The second-order valence-corrected chi connectivity index (χ2v) is 6.49. The van der Waals surface area contributed by atoms with Crippen molar-refractivity contribution in [2.75, 3.05) is 42.9 Å². The lowest BCUT2D eigenvalue weighted by molar-refractivity contribution is -0.129. The van der Waals surface area contributed by atoms with Gasteiger partial charge in [-0.2, -0.15) is 0 Å². The van der Waals surface area contributed by atoms with Crippen molar-refractivity contribution in [1.29, 1.82) is 0 Å². The molecule has 1 aliphatic heterocycles.